The van der Waals surface area contributed by atoms with Gasteiger partial charge in [-0.3, -0.25) is 9.59 Å². The van der Waals surface area contributed by atoms with Gasteiger partial charge in [-0.15, -0.1) is 0 Å². The Morgan fingerprint density at radius 2 is 1.65 bits per heavy atom. The van der Waals surface area contributed by atoms with Gasteiger partial charge in [0.05, 0.1) is 25.5 Å². The van der Waals surface area contributed by atoms with Crippen LogP contribution in [0.1, 0.15) is 44.0 Å². The largest absolute Gasteiger partial charge is 0.493 e. The number of carbonyl (C=O) groups excluding carboxylic acids is 2. The third kappa shape index (κ3) is 4.88. The smallest absolute Gasteiger partial charge is 0.253 e. The molecule has 0 unspecified atom stereocenters. The van der Waals surface area contributed by atoms with Crippen LogP contribution in [-0.4, -0.2) is 45.2 Å². The number of anilines is 1. The molecule has 1 saturated heterocycles. The molecule has 2 rings (SSSR count). The van der Waals surface area contributed by atoms with E-state index in [0.29, 0.717) is 22.7 Å². The average molecular weight is 363 g/mol. The first-order valence-electron chi connectivity index (χ1n) is 8.85. The maximum absolute atomic E-state index is 12.9. The molecule has 1 aliphatic rings. The van der Waals surface area contributed by atoms with Gasteiger partial charge < -0.3 is 25.4 Å². The molecular formula is C19H29N3O4. The lowest BCUT2D eigenvalue weighted by atomic mass is 9.95. The number of rotatable bonds is 5. The Hall–Kier alpha value is -2.28. The summed E-state index contributed by atoms with van der Waals surface area (Å²) in [5, 5.41) is 9.17. The van der Waals surface area contributed by atoms with Crippen molar-refractivity contribution in [3.63, 3.8) is 0 Å². The van der Waals surface area contributed by atoms with E-state index in [1.54, 1.807) is 12.1 Å². The molecular weight excluding hydrogens is 334 g/mol. The number of ether oxygens (including phenoxy) is 2. The van der Waals surface area contributed by atoms with Crippen LogP contribution in [0, 0.1) is 5.41 Å². The van der Waals surface area contributed by atoms with Crippen molar-refractivity contribution in [3.8, 4) is 11.5 Å². The van der Waals surface area contributed by atoms with Crippen LogP contribution in [0.2, 0.25) is 0 Å². The fourth-order valence-electron chi connectivity index (χ4n) is 2.71. The van der Waals surface area contributed by atoms with Crippen molar-refractivity contribution in [1.82, 2.24) is 10.6 Å². The van der Waals surface area contributed by atoms with E-state index in [2.05, 4.69) is 16.0 Å². The van der Waals surface area contributed by atoms with E-state index in [1.807, 2.05) is 20.8 Å². The van der Waals surface area contributed by atoms with Crippen LogP contribution in [0.25, 0.3) is 0 Å². The molecule has 7 nitrogen and oxygen atoms in total. The Bertz CT molecular complexity index is 661. The third-order valence-corrected chi connectivity index (χ3v) is 4.37. The zero-order valence-electron chi connectivity index (χ0n) is 16.2. The molecule has 1 aromatic carbocycles. The Kier molecular flexibility index (Phi) is 6.47. The number of carbonyl (C=O) groups is 2. The predicted octanol–water partition coefficient (Wildman–Crippen LogP) is 2.17. The van der Waals surface area contributed by atoms with Gasteiger partial charge in [-0.1, -0.05) is 20.8 Å². The highest BCUT2D eigenvalue weighted by Gasteiger charge is 2.26. The topological polar surface area (TPSA) is 88.7 Å². The van der Waals surface area contributed by atoms with Gasteiger partial charge in [0.15, 0.2) is 11.5 Å². The van der Waals surface area contributed by atoms with Crippen molar-refractivity contribution in [2.45, 2.75) is 39.7 Å². The van der Waals surface area contributed by atoms with Gasteiger partial charge in [-0.25, -0.2) is 0 Å². The Labute approximate surface area is 154 Å². The zero-order valence-corrected chi connectivity index (χ0v) is 16.2. The molecule has 1 aliphatic heterocycles. The Morgan fingerprint density at radius 1 is 1.08 bits per heavy atom. The summed E-state index contributed by atoms with van der Waals surface area (Å²) in [6, 6.07) is 3.34. The molecule has 1 aromatic rings. The van der Waals surface area contributed by atoms with Gasteiger partial charge in [0, 0.05) is 17.5 Å². The van der Waals surface area contributed by atoms with Crippen LogP contribution in [0.15, 0.2) is 12.1 Å². The van der Waals surface area contributed by atoms with E-state index in [0.717, 1.165) is 25.9 Å². The molecule has 0 atom stereocenters. The first-order valence-corrected chi connectivity index (χ1v) is 8.85. The second-order valence-corrected chi connectivity index (χ2v) is 7.45. The van der Waals surface area contributed by atoms with Crippen LogP contribution < -0.4 is 25.4 Å². The van der Waals surface area contributed by atoms with Crippen molar-refractivity contribution in [3.05, 3.63) is 17.7 Å². The van der Waals surface area contributed by atoms with Crippen molar-refractivity contribution in [2.24, 2.45) is 5.41 Å². The first kappa shape index (κ1) is 20.0. The number of hydrogen-bond acceptors (Lipinski definition) is 5. The monoisotopic (exact) mass is 363 g/mol. The number of benzene rings is 1. The van der Waals surface area contributed by atoms with Crippen molar-refractivity contribution in [1.29, 1.82) is 0 Å². The number of methoxy groups -OCH3 is 2. The third-order valence-electron chi connectivity index (χ3n) is 4.37. The summed E-state index contributed by atoms with van der Waals surface area (Å²) in [6.45, 7) is 7.21. The SMILES string of the molecule is COc1cc(NC(=O)C(C)(C)C)c(C(=O)NC2CCNCC2)cc1OC. The summed E-state index contributed by atoms with van der Waals surface area (Å²) in [6.07, 6.45) is 1.76. The molecule has 1 fully saturated rings. The average Bonchev–Trinajstić information content (AvgIpc) is 2.61. The number of piperidine rings is 1. The van der Waals surface area contributed by atoms with E-state index in [4.69, 9.17) is 9.47 Å². The van der Waals surface area contributed by atoms with Crippen molar-refractivity contribution < 1.29 is 19.1 Å². The van der Waals surface area contributed by atoms with E-state index in [1.165, 1.54) is 14.2 Å². The summed E-state index contributed by atoms with van der Waals surface area (Å²) in [7, 11) is 3.03. The molecule has 2 amide bonds. The summed E-state index contributed by atoms with van der Waals surface area (Å²) in [4.78, 5) is 25.3. The van der Waals surface area contributed by atoms with Crippen molar-refractivity contribution >= 4 is 17.5 Å². The second kappa shape index (κ2) is 8.40. The quantitative estimate of drug-likeness (QED) is 0.746. The summed E-state index contributed by atoms with van der Waals surface area (Å²) in [5.74, 6) is 0.481. The van der Waals surface area contributed by atoms with Crippen LogP contribution in [0.5, 0.6) is 11.5 Å². The van der Waals surface area contributed by atoms with E-state index < -0.39 is 5.41 Å². The van der Waals surface area contributed by atoms with E-state index in [9.17, 15) is 9.59 Å². The van der Waals surface area contributed by atoms with E-state index in [-0.39, 0.29) is 17.9 Å². The molecule has 1 heterocycles. The minimum absolute atomic E-state index is 0.114. The molecule has 0 aliphatic carbocycles. The molecule has 7 heteroatoms. The lowest BCUT2D eigenvalue weighted by molar-refractivity contribution is -0.123. The molecule has 0 bridgehead atoms. The van der Waals surface area contributed by atoms with Crippen LogP contribution in [0.3, 0.4) is 0 Å². The first-order chi connectivity index (χ1) is 12.3. The van der Waals surface area contributed by atoms with Crippen molar-refractivity contribution in [2.75, 3.05) is 32.6 Å². The number of nitrogens with one attached hydrogen (secondary N) is 3. The highest BCUT2D eigenvalue weighted by molar-refractivity contribution is 6.05. The van der Waals surface area contributed by atoms with Crippen LogP contribution >= 0.6 is 0 Å². The molecule has 144 valence electrons. The van der Waals surface area contributed by atoms with E-state index >= 15 is 0 Å². The molecule has 0 aromatic heterocycles. The van der Waals surface area contributed by atoms with Gasteiger partial charge >= 0.3 is 0 Å². The molecule has 0 radical (unpaired) electrons. The van der Waals surface area contributed by atoms with Crippen LogP contribution in [0.4, 0.5) is 5.69 Å². The summed E-state index contributed by atoms with van der Waals surface area (Å²) >= 11 is 0. The molecule has 0 saturated carbocycles. The molecule has 26 heavy (non-hydrogen) atoms. The highest BCUT2D eigenvalue weighted by Crippen LogP contribution is 2.34. The maximum Gasteiger partial charge on any atom is 0.253 e. The van der Waals surface area contributed by atoms with Gasteiger partial charge in [0.2, 0.25) is 5.91 Å². The Morgan fingerprint density at radius 3 is 2.19 bits per heavy atom. The zero-order chi connectivity index (χ0) is 19.3. The standard InChI is InChI=1S/C19H29N3O4/c1-19(2,3)18(24)22-14-11-16(26-5)15(25-4)10-13(14)17(23)21-12-6-8-20-9-7-12/h10-12,20H,6-9H2,1-5H3,(H,21,23)(H,22,24). The predicted molar refractivity (Wildman–Crippen MR) is 101 cm³/mol. The minimum Gasteiger partial charge on any atom is -0.493 e. The van der Waals surface area contributed by atoms with Gasteiger partial charge in [0.1, 0.15) is 0 Å². The molecule has 0 spiro atoms. The minimum atomic E-state index is -0.587. The summed E-state index contributed by atoms with van der Waals surface area (Å²) < 4.78 is 10.6. The van der Waals surface area contributed by atoms with Gasteiger partial charge in [-0.2, -0.15) is 0 Å². The number of amides is 2. The highest BCUT2D eigenvalue weighted by atomic mass is 16.5. The second-order valence-electron chi connectivity index (χ2n) is 7.45. The lowest BCUT2D eigenvalue weighted by Crippen LogP contribution is -2.43. The Balaban J connectivity index is 2.34. The normalized spacial score (nSPS) is 15.3. The summed E-state index contributed by atoms with van der Waals surface area (Å²) in [5.41, 5.74) is 0.184. The lowest BCUT2D eigenvalue weighted by Gasteiger charge is -2.25. The van der Waals surface area contributed by atoms with Gasteiger partial charge in [0.25, 0.3) is 5.91 Å². The molecule has 3 N–H and O–H groups in total. The van der Waals surface area contributed by atoms with Crippen LogP contribution in [-0.2, 0) is 4.79 Å². The number of hydrogen-bond donors (Lipinski definition) is 3. The van der Waals surface area contributed by atoms with Gasteiger partial charge in [-0.05, 0) is 32.0 Å². The fraction of sp³-hybridized carbons (Fsp3) is 0.579. The fourth-order valence-corrected chi connectivity index (χ4v) is 2.71. The maximum atomic E-state index is 12.9.